The zero-order chi connectivity index (χ0) is 25.9. The third-order valence-corrected chi connectivity index (χ3v) is 8.35. The second kappa shape index (κ2) is 11.1. The molecule has 1 saturated heterocycles. The van der Waals surface area contributed by atoms with Crippen LogP contribution in [0.1, 0.15) is 37.9 Å². The predicted octanol–water partition coefficient (Wildman–Crippen LogP) is 5.86. The third kappa shape index (κ3) is 5.72. The average molecular weight is 557 g/mol. The smallest absolute Gasteiger partial charge is 0.390 e. The molecule has 0 unspecified atom stereocenters. The number of nitrogens with one attached hydrogen (secondary N) is 1. The molecular weight excluding hydrogens is 532 g/mol. The number of ether oxygens (including phenoxy) is 1. The van der Waals surface area contributed by atoms with Crippen LogP contribution in [0.4, 0.5) is 4.79 Å². The molecule has 1 N–H and O–H groups in total. The van der Waals surface area contributed by atoms with Gasteiger partial charge in [0.15, 0.2) is 5.76 Å². The first kappa shape index (κ1) is 25.5. The van der Waals surface area contributed by atoms with Crippen LogP contribution in [0.3, 0.4) is 0 Å². The average Bonchev–Trinajstić information content (AvgIpc) is 3.67. The maximum Gasteiger partial charge on any atom is 0.414 e. The van der Waals surface area contributed by atoms with E-state index in [-0.39, 0.29) is 24.0 Å². The molecule has 1 aliphatic rings. The summed E-state index contributed by atoms with van der Waals surface area (Å²) in [5.74, 6) is 0.651. The quantitative estimate of drug-likeness (QED) is 0.303. The first-order valence-corrected chi connectivity index (χ1v) is 14.0. The molecule has 0 saturated carbocycles. The minimum atomic E-state index is -0.604. The minimum absolute atomic E-state index is 0.0110. The Hall–Kier alpha value is -3.17. The Morgan fingerprint density at radius 2 is 2.14 bits per heavy atom. The Morgan fingerprint density at radius 3 is 2.78 bits per heavy atom. The van der Waals surface area contributed by atoms with Crippen molar-refractivity contribution < 1.29 is 14.1 Å². The summed E-state index contributed by atoms with van der Waals surface area (Å²) >= 11 is 8.89. The molecule has 0 aliphatic carbocycles. The van der Waals surface area contributed by atoms with Crippen molar-refractivity contribution in [3.63, 3.8) is 0 Å². The number of nitrogens with zero attached hydrogens (tertiary/aromatic N) is 5. The molecule has 1 fully saturated rings. The molecule has 9 nitrogen and oxygen atoms in total. The van der Waals surface area contributed by atoms with Crippen molar-refractivity contribution in [2.75, 3.05) is 13.1 Å². The fraction of sp³-hybridized carbons (Fsp3) is 0.360. The van der Waals surface area contributed by atoms with Crippen LogP contribution in [0.5, 0.6) is 5.88 Å². The summed E-state index contributed by atoms with van der Waals surface area (Å²) in [5, 5.41) is 23.6. The first-order chi connectivity index (χ1) is 17.9. The second-order valence-electron chi connectivity index (χ2n) is 9.00. The molecular formula is C25H25ClN6O3S2. The number of aromatic nitrogens is 3. The van der Waals surface area contributed by atoms with Gasteiger partial charge in [-0.05, 0) is 50.3 Å². The van der Waals surface area contributed by atoms with Crippen molar-refractivity contribution >= 4 is 40.4 Å². The van der Waals surface area contributed by atoms with E-state index in [9.17, 15) is 10.1 Å². The van der Waals surface area contributed by atoms with Crippen molar-refractivity contribution in [1.82, 2.24) is 25.2 Å². The van der Waals surface area contributed by atoms with Gasteiger partial charge in [0.05, 0.1) is 20.6 Å². The first-order valence-electron chi connectivity index (χ1n) is 11.9. The molecule has 1 amide bonds. The number of piperidine rings is 1. The van der Waals surface area contributed by atoms with Crippen molar-refractivity contribution in [3.8, 4) is 33.2 Å². The van der Waals surface area contributed by atoms with Gasteiger partial charge in [0.25, 0.3) is 0 Å². The summed E-state index contributed by atoms with van der Waals surface area (Å²) in [7, 11) is 0. The molecule has 0 atom stereocenters. The number of amides is 1. The number of hydrogen-bond acceptors (Lipinski definition) is 9. The van der Waals surface area contributed by atoms with Gasteiger partial charge in [-0.15, -0.1) is 22.7 Å². The van der Waals surface area contributed by atoms with Crippen LogP contribution in [0, 0.1) is 11.3 Å². The van der Waals surface area contributed by atoms with Gasteiger partial charge in [0.1, 0.15) is 23.0 Å². The molecule has 5 heterocycles. The Labute approximate surface area is 227 Å². The SMILES string of the molecule is CC(C)N1CCC(NC(=O)Oc2c(C#N)c(-c3cccs3)nn2Cc2cc(-c3ccc(Cl)s3)on2)CC1. The standard InChI is InChI=1S/C25H25ClN6O3S2/c1-15(2)31-9-7-16(8-10-31)28-25(33)34-24-18(13-27)23(21-4-3-11-36-21)29-32(24)14-17-12-19(35-30-17)20-5-6-22(26)37-20/h3-6,11-12,15-16H,7-10,14H2,1-2H3,(H,28,33). The van der Waals surface area contributed by atoms with E-state index in [0.29, 0.717) is 27.5 Å². The summed E-state index contributed by atoms with van der Waals surface area (Å²) in [4.78, 5) is 17.0. The molecule has 37 heavy (non-hydrogen) atoms. The lowest BCUT2D eigenvalue weighted by Gasteiger charge is -2.34. The Kier molecular flexibility index (Phi) is 7.62. The van der Waals surface area contributed by atoms with Crippen LogP contribution in [0.2, 0.25) is 4.34 Å². The number of likely N-dealkylation sites (tertiary alicyclic amines) is 1. The maximum absolute atomic E-state index is 12.9. The summed E-state index contributed by atoms with van der Waals surface area (Å²) in [5.41, 5.74) is 1.22. The van der Waals surface area contributed by atoms with Crippen LogP contribution in [-0.2, 0) is 6.54 Å². The van der Waals surface area contributed by atoms with E-state index in [0.717, 1.165) is 35.7 Å². The second-order valence-corrected chi connectivity index (χ2v) is 11.7. The summed E-state index contributed by atoms with van der Waals surface area (Å²) < 4.78 is 13.4. The zero-order valence-corrected chi connectivity index (χ0v) is 22.7. The van der Waals surface area contributed by atoms with E-state index in [1.165, 1.54) is 27.4 Å². The van der Waals surface area contributed by atoms with Crippen LogP contribution in [-0.4, -0.2) is 51.1 Å². The highest BCUT2D eigenvalue weighted by Gasteiger charge is 2.27. The van der Waals surface area contributed by atoms with E-state index >= 15 is 0 Å². The normalized spacial score (nSPS) is 14.7. The summed E-state index contributed by atoms with van der Waals surface area (Å²) in [6.07, 6.45) is 1.08. The Balaban J connectivity index is 1.38. The highest BCUT2D eigenvalue weighted by molar-refractivity contribution is 7.19. The number of carbonyl (C=O) groups excluding carboxylic acids is 1. The monoisotopic (exact) mass is 556 g/mol. The van der Waals surface area contributed by atoms with E-state index in [1.807, 2.05) is 23.6 Å². The highest BCUT2D eigenvalue weighted by Crippen LogP contribution is 2.34. The van der Waals surface area contributed by atoms with Gasteiger partial charge in [-0.25, -0.2) is 9.48 Å². The van der Waals surface area contributed by atoms with Crippen LogP contribution in [0.25, 0.3) is 21.2 Å². The van der Waals surface area contributed by atoms with Crippen molar-refractivity contribution in [2.45, 2.75) is 45.3 Å². The van der Waals surface area contributed by atoms with Crippen LogP contribution < -0.4 is 10.1 Å². The topological polar surface area (TPSA) is 109 Å². The fourth-order valence-electron chi connectivity index (χ4n) is 4.29. The number of carbonyl (C=O) groups is 1. The molecule has 0 bridgehead atoms. The Bertz CT molecular complexity index is 1410. The van der Waals surface area contributed by atoms with E-state index < -0.39 is 6.09 Å². The molecule has 0 radical (unpaired) electrons. The highest BCUT2D eigenvalue weighted by atomic mass is 35.5. The lowest BCUT2D eigenvalue weighted by atomic mass is 10.0. The van der Waals surface area contributed by atoms with Gasteiger partial charge in [0.2, 0.25) is 5.88 Å². The van der Waals surface area contributed by atoms with Gasteiger partial charge >= 0.3 is 6.09 Å². The zero-order valence-electron chi connectivity index (χ0n) is 20.3. The van der Waals surface area contributed by atoms with Crippen molar-refractivity contribution in [3.05, 3.63) is 51.3 Å². The number of rotatable bonds is 7. The van der Waals surface area contributed by atoms with E-state index in [1.54, 1.807) is 12.1 Å². The largest absolute Gasteiger partial charge is 0.414 e. The van der Waals surface area contributed by atoms with Crippen molar-refractivity contribution in [2.24, 2.45) is 0 Å². The number of hydrogen-bond donors (Lipinski definition) is 1. The van der Waals surface area contributed by atoms with Crippen LogP contribution >= 0.6 is 34.3 Å². The summed E-state index contributed by atoms with van der Waals surface area (Å²) in [6.45, 7) is 6.32. The lowest BCUT2D eigenvalue weighted by Crippen LogP contribution is -2.47. The maximum atomic E-state index is 12.9. The number of thiophene rings is 2. The van der Waals surface area contributed by atoms with Gasteiger partial charge < -0.3 is 19.5 Å². The van der Waals surface area contributed by atoms with Gasteiger partial charge in [0, 0.05) is 31.2 Å². The van der Waals surface area contributed by atoms with Crippen LogP contribution in [0.15, 0.2) is 40.2 Å². The molecule has 12 heteroatoms. The van der Waals surface area contributed by atoms with E-state index in [4.69, 9.17) is 20.9 Å². The van der Waals surface area contributed by atoms with Crippen molar-refractivity contribution in [1.29, 1.82) is 5.26 Å². The molecule has 4 aromatic heterocycles. The molecule has 1 aliphatic heterocycles. The Morgan fingerprint density at radius 1 is 1.32 bits per heavy atom. The van der Waals surface area contributed by atoms with Gasteiger partial charge in [-0.3, -0.25) is 0 Å². The summed E-state index contributed by atoms with van der Waals surface area (Å²) in [6, 6.07) is 11.9. The van der Waals surface area contributed by atoms with E-state index in [2.05, 4.69) is 40.4 Å². The minimum Gasteiger partial charge on any atom is -0.390 e. The molecule has 0 aromatic carbocycles. The third-order valence-electron chi connectivity index (χ3n) is 6.23. The van der Waals surface area contributed by atoms with Gasteiger partial charge in [-0.2, -0.15) is 10.4 Å². The predicted molar refractivity (Wildman–Crippen MR) is 143 cm³/mol. The molecule has 4 aromatic rings. The van der Waals surface area contributed by atoms with Gasteiger partial charge in [-0.1, -0.05) is 22.8 Å². The number of halogens is 1. The lowest BCUT2D eigenvalue weighted by molar-refractivity contribution is 0.151. The fourth-order valence-corrected chi connectivity index (χ4v) is 6.00. The molecule has 5 rings (SSSR count). The molecule has 0 spiro atoms. The molecule has 192 valence electrons. The number of nitriles is 1.